The Morgan fingerprint density at radius 1 is 0.969 bits per heavy atom. The fourth-order valence-corrected chi connectivity index (χ4v) is 4.06. The largest absolute Gasteiger partial charge is 0.493 e. The van der Waals surface area contributed by atoms with Gasteiger partial charge in [-0.05, 0) is 47.2 Å². The summed E-state index contributed by atoms with van der Waals surface area (Å²) in [6.07, 6.45) is 1.65. The van der Waals surface area contributed by atoms with Crippen LogP contribution < -0.4 is 9.47 Å². The van der Waals surface area contributed by atoms with Crippen molar-refractivity contribution >= 4 is 29.0 Å². The van der Waals surface area contributed by atoms with Crippen molar-refractivity contribution < 1.29 is 23.5 Å². The third-order valence-corrected chi connectivity index (χ3v) is 5.79. The first kappa shape index (κ1) is 21.6. The molecule has 0 spiro atoms. The second-order valence-electron chi connectivity index (χ2n) is 7.04. The Morgan fingerprint density at radius 2 is 1.72 bits per heavy atom. The van der Waals surface area contributed by atoms with Crippen LogP contribution in [0, 0.1) is 5.82 Å². The van der Waals surface area contributed by atoms with Crippen molar-refractivity contribution in [2.75, 3.05) is 7.11 Å². The summed E-state index contributed by atoms with van der Waals surface area (Å²) in [5, 5.41) is -0.304. The van der Waals surface area contributed by atoms with Crippen LogP contribution >= 0.6 is 11.8 Å². The van der Waals surface area contributed by atoms with Crippen LogP contribution in [0.2, 0.25) is 0 Å². The standard InChI is InChI=1S/C25H20FNO4S/c1-30-22-13-18(11-12-21(22)31-16-19-9-5-6-10-20(19)26)14-23-24(28)27(25(29)32-23)15-17-7-3-2-4-8-17/h2-14H,15-16H2,1H3. The van der Waals surface area contributed by atoms with Gasteiger partial charge in [-0.15, -0.1) is 0 Å². The molecule has 0 N–H and O–H groups in total. The monoisotopic (exact) mass is 449 g/mol. The molecule has 1 aliphatic heterocycles. The topological polar surface area (TPSA) is 55.8 Å². The summed E-state index contributed by atoms with van der Waals surface area (Å²) in [5.74, 6) is 0.223. The Kier molecular flexibility index (Phi) is 6.56. The number of nitrogens with zero attached hydrogens (tertiary/aromatic N) is 1. The zero-order chi connectivity index (χ0) is 22.5. The summed E-state index contributed by atoms with van der Waals surface area (Å²) in [4.78, 5) is 26.7. The Labute approximate surface area is 189 Å². The summed E-state index contributed by atoms with van der Waals surface area (Å²) in [6.45, 7) is 0.287. The highest BCUT2D eigenvalue weighted by atomic mass is 32.2. The maximum absolute atomic E-state index is 13.8. The summed E-state index contributed by atoms with van der Waals surface area (Å²) in [6, 6.07) is 20.9. The lowest BCUT2D eigenvalue weighted by Crippen LogP contribution is -2.27. The van der Waals surface area contributed by atoms with Crippen molar-refractivity contribution in [3.63, 3.8) is 0 Å². The number of benzene rings is 3. The summed E-state index contributed by atoms with van der Waals surface area (Å²) >= 11 is 0.907. The Bertz CT molecular complexity index is 1180. The van der Waals surface area contributed by atoms with E-state index >= 15 is 0 Å². The number of amides is 2. The number of methoxy groups -OCH3 is 1. The van der Waals surface area contributed by atoms with E-state index in [0.29, 0.717) is 27.5 Å². The first-order valence-electron chi connectivity index (χ1n) is 9.88. The number of hydrogen-bond donors (Lipinski definition) is 0. The third-order valence-electron chi connectivity index (χ3n) is 4.88. The Morgan fingerprint density at radius 3 is 2.47 bits per heavy atom. The van der Waals surface area contributed by atoms with Gasteiger partial charge in [0.15, 0.2) is 11.5 Å². The van der Waals surface area contributed by atoms with Crippen LogP contribution in [0.3, 0.4) is 0 Å². The average Bonchev–Trinajstić information content (AvgIpc) is 3.07. The molecule has 0 saturated carbocycles. The maximum Gasteiger partial charge on any atom is 0.293 e. The van der Waals surface area contributed by atoms with Crippen LogP contribution in [-0.4, -0.2) is 23.2 Å². The summed E-state index contributed by atoms with van der Waals surface area (Å²) < 4.78 is 24.9. The van der Waals surface area contributed by atoms with Gasteiger partial charge in [-0.25, -0.2) is 4.39 Å². The lowest BCUT2D eigenvalue weighted by atomic mass is 10.1. The molecule has 3 aromatic carbocycles. The van der Waals surface area contributed by atoms with Crippen molar-refractivity contribution in [2.45, 2.75) is 13.2 Å². The van der Waals surface area contributed by atoms with E-state index < -0.39 is 0 Å². The van der Waals surface area contributed by atoms with Gasteiger partial charge in [-0.1, -0.05) is 54.6 Å². The van der Waals surface area contributed by atoms with Crippen molar-refractivity contribution in [3.05, 3.63) is 100 Å². The van der Waals surface area contributed by atoms with E-state index in [4.69, 9.17) is 9.47 Å². The smallest absolute Gasteiger partial charge is 0.293 e. The van der Waals surface area contributed by atoms with Crippen molar-refractivity contribution in [1.29, 1.82) is 0 Å². The summed E-state index contributed by atoms with van der Waals surface area (Å²) in [5.41, 5.74) is 2.00. The van der Waals surface area contributed by atoms with E-state index in [0.717, 1.165) is 17.3 Å². The molecule has 1 fully saturated rings. The van der Waals surface area contributed by atoms with Crippen molar-refractivity contribution in [1.82, 2.24) is 4.90 Å². The molecule has 7 heteroatoms. The number of rotatable bonds is 7. The van der Waals surface area contributed by atoms with E-state index in [2.05, 4.69) is 0 Å². The van der Waals surface area contributed by atoms with Gasteiger partial charge in [-0.3, -0.25) is 14.5 Å². The number of imide groups is 1. The molecule has 0 atom stereocenters. The van der Waals surface area contributed by atoms with Gasteiger partial charge in [-0.2, -0.15) is 0 Å². The fraction of sp³-hybridized carbons (Fsp3) is 0.120. The Balaban J connectivity index is 1.49. The van der Waals surface area contributed by atoms with Gasteiger partial charge >= 0.3 is 0 Å². The molecule has 1 aliphatic rings. The molecule has 4 rings (SSSR count). The number of ether oxygens (including phenoxy) is 2. The number of halogens is 1. The minimum atomic E-state index is -0.339. The van der Waals surface area contributed by atoms with Gasteiger partial charge < -0.3 is 9.47 Å². The Hall–Kier alpha value is -3.58. The molecular weight excluding hydrogens is 429 g/mol. The highest BCUT2D eigenvalue weighted by Gasteiger charge is 2.35. The normalized spacial score (nSPS) is 14.8. The average molecular weight is 450 g/mol. The van der Waals surface area contributed by atoms with Crippen LogP contribution in [-0.2, 0) is 17.9 Å². The molecular formula is C25H20FNO4S. The molecule has 162 valence electrons. The lowest BCUT2D eigenvalue weighted by molar-refractivity contribution is -0.123. The zero-order valence-corrected chi connectivity index (χ0v) is 18.1. The van der Waals surface area contributed by atoms with E-state index in [9.17, 15) is 14.0 Å². The lowest BCUT2D eigenvalue weighted by Gasteiger charge is -2.12. The van der Waals surface area contributed by atoms with Gasteiger partial charge in [0, 0.05) is 5.56 Å². The predicted molar refractivity (Wildman–Crippen MR) is 122 cm³/mol. The molecule has 3 aromatic rings. The molecule has 5 nitrogen and oxygen atoms in total. The van der Waals surface area contributed by atoms with Crippen LogP contribution in [0.5, 0.6) is 11.5 Å². The first-order valence-corrected chi connectivity index (χ1v) is 10.7. The zero-order valence-electron chi connectivity index (χ0n) is 17.3. The molecule has 1 saturated heterocycles. The van der Waals surface area contributed by atoms with Crippen molar-refractivity contribution in [3.8, 4) is 11.5 Å². The maximum atomic E-state index is 13.8. The van der Waals surface area contributed by atoms with Gasteiger partial charge in [0.05, 0.1) is 18.6 Å². The van der Waals surface area contributed by atoms with Gasteiger partial charge in [0.2, 0.25) is 0 Å². The number of carbonyl (C=O) groups is 2. The van der Waals surface area contributed by atoms with E-state index in [1.54, 1.807) is 42.5 Å². The molecule has 0 aliphatic carbocycles. The van der Waals surface area contributed by atoms with Crippen LogP contribution in [0.15, 0.2) is 77.7 Å². The fourth-order valence-electron chi connectivity index (χ4n) is 3.22. The quantitative estimate of drug-likeness (QED) is 0.436. The van der Waals surface area contributed by atoms with E-state index in [-0.39, 0.29) is 30.1 Å². The van der Waals surface area contributed by atoms with E-state index in [1.165, 1.54) is 18.1 Å². The van der Waals surface area contributed by atoms with Gasteiger partial charge in [0.1, 0.15) is 12.4 Å². The minimum absolute atomic E-state index is 0.0563. The second kappa shape index (κ2) is 9.70. The minimum Gasteiger partial charge on any atom is -0.493 e. The molecule has 2 amide bonds. The first-order chi connectivity index (χ1) is 15.5. The molecule has 0 bridgehead atoms. The van der Waals surface area contributed by atoms with Crippen LogP contribution in [0.1, 0.15) is 16.7 Å². The third kappa shape index (κ3) is 4.84. The second-order valence-corrected chi connectivity index (χ2v) is 8.04. The van der Waals surface area contributed by atoms with Crippen LogP contribution in [0.4, 0.5) is 9.18 Å². The number of carbonyl (C=O) groups excluding carboxylic acids is 2. The number of hydrogen-bond acceptors (Lipinski definition) is 5. The molecule has 32 heavy (non-hydrogen) atoms. The highest BCUT2D eigenvalue weighted by molar-refractivity contribution is 8.18. The summed E-state index contributed by atoms with van der Waals surface area (Å²) in [7, 11) is 1.50. The number of thioether (sulfide) groups is 1. The predicted octanol–water partition coefficient (Wildman–Crippen LogP) is 5.65. The highest BCUT2D eigenvalue weighted by Crippen LogP contribution is 2.35. The molecule has 0 radical (unpaired) electrons. The molecule has 0 unspecified atom stereocenters. The van der Waals surface area contributed by atoms with Crippen molar-refractivity contribution in [2.24, 2.45) is 0 Å². The molecule has 0 aromatic heterocycles. The SMILES string of the molecule is COc1cc(C=C2SC(=O)N(Cc3ccccc3)C2=O)ccc1OCc1ccccc1F. The van der Waals surface area contributed by atoms with E-state index in [1.807, 2.05) is 30.3 Å². The molecule has 1 heterocycles. The van der Waals surface area contributed by atoms with Crippen LogP contribution in [0.25, 0.3) is 6.08 Å². The van der Waals surface area contributed by atoms with Gasteiger partial charge in [0.25, 0.3) is 11.1 Å².